The van der Waals surface area contributed by atoms with Gasteiger partial charge in [0.1, 0.15) is 5.60 Å². The van der Waals surface area contributed by atoms with E-state index in [-0.39, 0.29) is 6.09 Å². The molecular formula is C15H25N3O2S. The molecule has 0 unspecified atom stereocenters. The number of likely N-dealkylation sites (tertiary alicyclic amines) is 1. The highest BCUT2D eigenvalue weighted by molar-refractivity contribution is 7.09. The van der Waals surface area contributed by atoms with Crippen molar-refractivity contribution in [2.24, 2.45) is 5.92 Å². The van der Waals surface area contributed by atoms with E-state index in [2.05, 4.69) is 16.9 Å². The zero-order valence-corrected chi connectivity index (χ0v) is 14.2. The molecule has 1 aliphatic heterocycles. The van der Waals surface area contributed by atoms with Crippen LogP contribution in [0.5, 0.6) is 0 Å². The van der Waals surface area contributed by atoms with Crippen LogP contribution < -0.4 is 0 Å². The van der Waals surface area contributed by atoms with Gasteiger partial charge in [-0.3, -0.25) is 4.98 Å². The zero-order valence-electron chi connectivity index (χ0n) is 13.3. The van der Waals surface area contributed by atoms with E-state index in [1.54, 1.807) is 11.3 Å². The molecule has 0 spiro atoms. The maximum Gasteiger partial charge on any atom is 0.410 e. The molecule has 21 heavy (non-hydrogen) atoms. The third-order valence-corrected chi connectivity index (χ3v) is 4.18. The third-order valence-electron chi connectivity index (χ3n) is 3.42. The first-order valence-corrected chi connectivity index (χ1v) is 8.25. The summed E-state index contributed by atoms with van der Waals surface area (Å²) in [7, 11) is 2.12. The van der Waals surface area contributed by atoms with Gasteiger partial charge >= 0.3 is 6.09 Å². The molecule has 5 nitrogen and oxygen atoms in total. The van der Waals surface area contributed by atoms with E-state index in [0.29, 0.717) is 5.92 Å². The summed E-state index contributed by atoms with van der Waals surface area (Å²) < 4.78 is 5.43. The lowest BCUT2D eigenvalue weighted by Gasteiger charge is -2.25. The standard InChI is InChI=1S/C15H25N3O2S/c1-15(2,3)20-14(19)18-6-5-12(9-18)8-17(4)10-13-7-16-11-21-13/h7,11-12H,5-6,8-10H2,1-4H3/t12-/m1/s1. The highest BCUT2D eigenvalue weighted by Crippen LogP contribution is 2.21. The van der Waals surface area contributed by atoms with Gasteiger partial charge in [0.25, 0.3) is 0 Å². The first-order valence-electron chi connectivity index (χ1n) is 7.37. The molecule has 0 saturated carbocycles. The minimum atomic E-state index is -0.419. The fourth-order valence-electron chi connectivity index (χ4n) is 2.57. The SMILES string of the molecule is CN(Cc1cncs1)C[C@H]1CCN(C(=O)OC(C)(C)C)C1. The average Bonchev–Trinajstić information content (AvgIpc) is 2.98. The van der Waals surface area contributed by atoms with Crippen molar-refractivity contribution in [2.75, 3.05) is 26.7 Å². The number of aromatic nitrogens is 1. The second-order valence-corrected chi connectivity index (χ2v) is 7.72. The second-order valence-electron chi connectivity index (χ2n) is 6.75. The van der Waals surface area contributed by atoms with Crippen molar-refractivity contribution in [1.29, 1.82) is 0 Å². The lowest BCUT2D eigenvalue weighted by molar-refractivity contribution is 0.0285. The van der Waals surface area contributed by atoms with Gasteiger partial charge in [-0.25, -0.2) is 4.79 Å². The van der Waals surface area contributed by atoms with Crippen molar-refractivity contribution < 1.29 is 9.53 Å². The van der Waals surface area contributed by atoms with Gasteiger partial charge in [-0.15, -0.1) is 11.3 Å². The molecular weight excluding hydrogens is 286 g/mol. The molecule has 0 aliphatic carbocycles. The van der Waals surface area contributed by atoms with E-state index in [4.69, 9.17) is 4.74 Å². The number of hydrogen-bond acceptors (Lipinski definition) is 5. The van der Waals surface area contributed by atoms with Gasteiger partial charge < -0.3 is 14.5 Å². The van der Waals surface area contributed by atoms with Crippen LogP contribution >= 0.6 is 11.3 Å². The van der Waals surface area contributed by atoms with Crippen LogP contribution in [-0.2, 0) is 11.3 Å². The van der Waals surface area contributed by atoms with Crippen LogP contribution in [-0.4, -0.2) is 53.2 Å². The quantitative estimate of drug-likeness (QED) is 0.858. The van der Waals surface area contributed by atoms with Crippen LogP contribution in [0.2, 0.25) is 0 Å². The lowest BCUT2D eigenvalue weighted by atomic mass is 10.1. The van der Waals surface area contributed by atoms with Crippen LogP contribution in [0.4, 0.5) is 4.79 Å². The molecule has 6 heteroatoms. The summed E-state index contributed by atoms with van der Waals surface area (Å²) in [5.41, 5.74) is 1.45. The minimum Gasteiger partial charge on any atom is -0.444 e. The van der Waals surface area contributed by atoms with Crippen molar-refractivity contribution in [2.45, 2.75) is 39.3 Å². The van der Waals surface area contributed by atoms with Crippen LogP contribution in [0, 0.1) is 5.92 Å². The van der Waals surface area contributed by atoms with Gasteiger partial charge in [-0.2, -0.15) is 0 Å². The molecule has 0 bridgehead atoms. The number of rotatable bonds is 4. The molecule has 2 heterocycles. The van der Waals surface area contributed by atoms with Crippen LogP contribution in [0.25, 0.3) is 0 Å². The largest absolute Gasteiger partial charge is 0.444 e. The van der Waals surface area contributed by atoms with E-state index in [9.17, 15) is 4.79 Å². The Kier molecular flexibility index (Phi) is 5.22. The number of thiazole rings is 1. The van der Waals surface area contributed by atoms with Gasteiger partial charge in [0, 0.05) is 37.3 Å². The van der Waals surface area contributed by atoms with Crippen molar-refractivity contribution in [1.82, 2.24) is 14.8 Å². The Morgan fingerprint density at radius 2 is 2.33 bits per heavy atom. The van der Waals surface area contributed by atoms with Crippen LogP contribution in [0.15, 0.2) is 11.7 Å². The molecule has 2 rings (SSSR count). The summed E-state index contributed by atoms with van der Waals surface area (Å²) in [5.74, 6) is 0.524. The molecule has 1 aliphatic rings. The maximum atomic E-state index is 12.0. The van der Waals surface area contributed by atoms with E-state index in [0.717, 1.165) is 32.6 Å². The summed E-state index contributed by atoms with van der Waals surface area (Å²) in [4.78, 5) is 21.5. The van der Waals surface area contributed by atoms with Crippen molar-refractivity contribution >= 4 is 17.4 Å². The second kappa shape index (κ2) is 6.75. The van der Waals surface area contributed by atoms with E-state index >= 15 is 0 Å². The molecule has 1 amide bonds. The van der Waals surface area contributed by atoms with Gasteiger partial charge in [-0.05, 0) is 40.2 Å². The van der Waals surface area contributed by atoms with Crippen molar-refractivity contribution in [3.05, 3.63) is 16.6 Å². The molecule has 1 fully saturated rings. The molecule has 118 valence electrons. The highest BCUT2D eigenvalue weighted by Gasteiger charge is 2.30. The minimum absolute atomic E-state index is 0.185. The maximum absolute atomic E-state index is 12.0. The normalized spacial score (nSPS) is 19.3. The number of carbonyl (C=O) groups is 1. The number of nitrogens with zero attached hydrogens (tertiary/aromatic N) is 3. The van der Waals surface area contributed by atoms with Gasteiger partial charge in [0.15, 0.2) is 0 Å². The molecule has 1 aromatic heterocycles. The van der Waals surface area contributed by atoms with Gasteiger partial charge in [0.2, 0.25) is 0 Å². The number of ether oxygens (including phenoxy) is 1. The summed E-state index contributed by atoms with van der Waals surface area (Å²) in [6, 6.07) is 0. The number of hydrogen-bond donors (Lipinski definition) is 0. The molecule has 0 aromatic carbocycles. The molecule has 1 saturated heterocycles. The monoisotopic (exact) mass is 311 g/mol. The average molecular weight is 311 g/mol. The zero-order chi connectivity index (χ0) is 15.5. The highest BCUT2D eigenvalue weighted by atomic mass is 32.1. The summed E-state index contributed by atoms with van der Waals surface area (Å²) in [6.45, 7) is 9.23. The molecule has 0 N–H and O–H groups in total. The topological polar surface area (TPSA) is 45.7 Å². The van der Waals surface area contributed by atoms with Crippen LogP contribution in [0.1, 0.15) is 32.1 Å². The Hall–Kier alpha value is -1.14. The predicted octanol–water partition coefficient (Wildman–Crippen LogP) is 2.83. The number of carbonyl (C=O) groups excluding carboxylic acids is 1. The Morgan fingerprint density at radius 3 is 2.95 bits per heavy atom. The first kappa shape index (κ1) is 16.2. The first-order chi connectivity index (χ1) is 9.83. The lowest BCUT2D eigenvalue weighted by Crippen LogP contribution is -2.36. The van der Waals surface area contributed by atoms with Crippen molar-refractivity contribution in [3.8, 4) is 0 Å². The molecule has 0 radical (unpaired) electrons. The van der Waals surface area contributed by atoms with E-state index < -0.39 is 5.60 Å². The molecule has 1 atom stereocenters. The van der Waals surface area contributed by atoms with Gasteiger partial charge in [0.05, 0.1) is 5.51 Å². The Labute approximate surface area is 130 Å². The fourth-order valence-corrected chi connectivity index (χ4v) is 3.24. The Morgan fingerprint density at radius 1 is 1.57 bits per heavy atom. The Bertz CT molecular complexity index is 456. The van der Waals surface area contributed by atoms with E-state index in [1.807, 2.05) is 37.4 Å². The Balaban J connectivity index is 1.76. The summed E-state index contributed by atoms with van der Waals surface area (Å²) in [6.07, 6.45) is 2.78. The third kappa shape index (κ3) is 5.28. The molecule has 1 aromatic rings. The number of amides is 1. The fraction of sp³-hybridized carbons (Fsp3) is 0.733. The summed E-state index contributed by atoms with van der Waals surface area (Å²) >= 11 is 1.68. The smallest absolute Gasteiger partial charge is 0.410 e. The predicted molar refractivity (Wildman–Crippen MR) is 84.4 cm³/mol. The summed E-state index contributed by atoms with van der Waals surface area (Å²) in [5, 5.41) is 0. The van der Waals surface area contributed by atoms with Crippen LogP contribution in [0.3, 0.4) is 0 Å². The van der Waals surface area contributed by atoms with E-state index in [1.165, 1.54) is 4.88 Å². The van der Waals surface area contributed by atoms with Gasteiger partial charge in [-0.1, -0.05) is 0 Å². The van der Waals surface area contributed by atoms with Crippen molar-refractivity contribution in [3.63, 3.8) is 0 Å².